The minimum atomic E-state index is -0.0937. The molecule has 116 valence electrons. The van der Waals surface area contributed by atoms with Crippen LogP contribution in [-0.2, 0) is 9.53 Å². The summed E-state index contributed by atoms with van der Waals surface area (Å²) in [5.74, 6) is -0.0937. The van der Waals surface area contributed by atoms with E-state index in [1.165, 1.54) is 11.3 Å². The van der Waals surface area contributed by atoms with Crippen LogP contribution in [0.2, 0.25) is 5.02 Å². The van der Waals surface area contributed by atoms with Gasteiger partial charge in [0.15, 0.2) is 5.01 Å². The van der Waals surface area contributed by atoms with E-state index in [9.17, 15) is 4.79 Å². The molecule has 1 aliphatic rings. The van der Waals surface area contributed by atoms with Crippen LogP contribution < -0.4 is 5.32 Å². The van der Waals surface area contributed by atoms with Gasteiger partial charge in [0.1, 0.15) is 0 Å². The molecule has 0 unspecified atom stereocenters. The average Bonchev–Trinajstić information content (AvgIpc) is 2.97. The van der Waals surface area contributed by atoms with E-state index in [1.807, 2.05) is 18.2 Å². The number of hydrogen-bond acceptors (Lipinski definition) is 6. The van der Waals surface area contributed by atoms with E-state index >= 15 is 0 Å². The van der Waals surface area contributed by atoms with E-state index in [2.05, 4.69) is 20.4 Å². The standard InChI is InChI=1S/C14H15ClN4O2S/c15-11-4-2-1-3-10(11)13-17-18-14(22-13)16-12(20)9-19-5-7-21-8-6-19/h1-4H,5-9H2,(H,16,18,20). The van der Waals surface area contributed by atoms with Crippen molar-refractivity contribution in [2.75, 3.05) is 38.2 Å². The van der Waals surface area contributed by atoms with E-state index in [-0.39, 0.29) is 5.91 Å². The third kappa shape index (κ3) is 3.80. The Balaban J connectivity index is 1.62. The Hall–Kier alpha value is -1.54. The normalized spacial score (nSPS) is 15.7. The highest BCUT2D eigenvalue weighted by atomic mass is 35.5. The lowest BCUT2D eigenvalue weighted by atomic mass is 10.2. The van der Waals surface area contributed by atoms with Gasteiger partial charge in [0.05, 0.1) is 24.8 Å². The van der Waals surface area contributed by atoms with Gasteiger partial charge in [-0.1, -0.05) is 41.1 Å². The van der Waals surface area contributed by atoms with Crippen LogP contribution in [-0.4, -0.2) is 53.9 Å². The summed E-state index contributed by atoms with van der Waals surface area (Å²) in [4.78, 5) is 14.1. The van der Waals surface area contributed by atoms with Crippen molar-refractivity contribution in [3.8, 4) is 10.6 Å². The average molecular weight is 339 g/mol. The van der Waals surface area contributed by atoms with Crippen molar-refractivity contribution in [2.24, 2.45) is 0 Å². The molecular weight excluding hydrogens is 324 g/mol. The van der Waals surface area contributed by atoms with Crippen molar-refractivity contribution in [1.29, 1.82) is 0 Å². The smallest absolute Gasteiger partial charge is 0.240 e. The number of nitrogens with one attached hydrogen (secondary N) is 1. The fraction of sp³-hybridized carbons (Fsp3) is 0.357. The van der Waals surface area contributed by atoms with Crippen molar-refractivity contribution >= 4 is 34.0 Å². The fourth-order valence-corrected chi connectivity index (χ4v) is 3.22. The van der Waals surface area contributed by atoms with Crippen molar-refractivity contribution < 1.29 is 9.53 Å². The molecule has 1 saturated heterocycles. The van der Waals surface area contributed by atoms with Crippen LogP contribution in [0.1, 0.15) is 0 Å². The molecule has 0 saturated carbocycles. The summed E-state index contributed by atoms with van der Waals surface area (Å²) in [6.45, 7) is 3.22. The zero-order valence-corrected chi connectivity index (χ0v) is 13.4. The topological polar surface area (TPSA) is 67.3 Å². The van der Waals surface area contributed by atoms with Gasteiger partial charge in [-0.3, -0.25) is 15.0 Å². The number of ether oxygens (including phenoxy) is 1. The lowest BCUT2D eigenvalue weighted by Crippen LogP contribution is -2.41. The highest BCUT2D eigenvalue weighted by Crippen LogP contribution is 2.31. The minimum Gasteiger partial charge on any atom is -0.379 e. The van der Waals surface area contributed by atoms with Crippen LogP contribution in [0.3, 0.4) is 0 Å². The van der Waals surface area contributed by atoms with Gasteiger partial charge in [-0.25, -0.2) is 0 Å². The monoisotopic (exact) mass is 338 g/mol. The van der Waals surface area contributed by atoms with E-state index < -0.39 is 0 Å². The van der Waals surface area contributed by atoms with Crippen LogP contribution in [0.15, 0.2) is 24.3 Å². The maximum absolute atomic E-state index is 12.0. The Morgan fingerprint density at radius 1 is 1.32 bits per heavy atom. The number of carbonyl (C=O) groups excluding carboxylic acids is 1. The molecule has 3 rings (SSSR count). The molecule has 2 aromatic rings. The van der Waals surface area contributed by atoms with Crippen LogP contribution >= 0.6 is 22.9 Å². The Bertz CT molecular complexity index is 658. The molecule has 1 aliphatic heterocycles. The van der Waals surface area contributed by atoms with Gasteiger partial charge >= 0.3 is 0 Å². The number of morpholine rings is 1. The molecule has 0 atom stereocenters. The minimum absolute atomic E-state index is 0.0937. The molecule has 1 aromatic carbocycles. The van der Waals surface area contributed by atoms with E-state index in [4.69, 9.17) is 16.3 Å². The molecule has 0 bridgehead atoms. The Kier molecular flexibility index (Phi) is 4.99. The summed E-state index contributed by atoms with van der Waals surface area (Å²) in [7, 11) is 0. The molecule has 1 aromatic heterocycles. The number of halogens is 1. The Morgan fingerprint density at radius 3 is 2.86 bits per heavy atom. The van der Waals surface area contributed by atoms with E-state index in [0.717, 1.165) is 18.7 Å². The predicted molar refractivity (Wildman–Crippen MR) is 86.2 cm³/mol. The van der Waals surface area contributed by atoms with Gasteiger partial charge in [0, 0.05) is 18.7 Å². The maximum Gasteiger partial charge on any atom is 0.240 e. The lowest BCUT2D eigenvalue weighted by Gasteiger charge is -2.25. The Morgan fingerprint density at radius 2 is 2.09 bits per heavy atom. The Labute approximate surface area is 137 Å². The molecule has 1 fully saturated rings. The molecule has 22 heavy (non-hydrogen) atoms. The molecule has 2 heterocycles. The molecule has 1 amide bonds. The predicted octanol–water partition coefficient (Wildman–Crippen LogP) is 2.13. The first-order valence-corrected chi connectivity index (χ1v) is 8.10. The second-order valence-electron chi connectivity index (χ2n) is 4.83. The molecular formula is C14H15ClN4O2S. The quantitative estimate of drug-likeness (QED) is 0.925. The molecule has 0 radical (unpaired) electrons. The molecule has 8 heteroatoms. The number of benzene rings is 1. The number of nitrogens with zero attached hydrogens (tertiary/aromatic N) is 3. The van der Waals surface area contributed by atoms with E-state index in [1.54, 1.807) is 6.07 Å². The van der Waals surface area contributed by atoms with Crippen molar-refractivity contribution in [2.45, 2.75) is 0 Å². The van der Waals surface area contributed by atoms with Gasteiger partial charge in [-0.15, -0.1) is 10.2 Å². The first-order valence-electron chi connectivity index (χ1n) is 6.91. The van der Waals surface area contributed by atoms with Crippen LogP contribution in [0.5, 0.6) is 0 Å². The highest BCUT2D eigenvalue weighted by Gasteiger charge is 2.16. The van der Waals surface area contributed by atoms with Gasteiger partial charge in [0.2, 0.25) is 11.0 Å². The largest absolute Gasteiger partial charge is 0.379 e. The van der Waals surface area contributed by atoms with E-state index in [0.29, 0.717) is 34.9 Å². The third-order valence-corrected chi connectivity index (χ3v) is 4.45. The van der Waals surface area contributed by atoms with Crippen molar-refractivity contribution in [3.05, 3.63) is 29.3 Å². The number of aromatic nitrogens is 2. The van der Waals surface area contributed by atoms with Crippen molar-refractivity contribution in [3.63, 3.8) is 0 Å². The number of hydrogen-bond donors (Lipinski definition) is 1. The summed E-state index contributed by atoms with van der Waals surface area (Å²) in [5.41, 5.74) is 0.815. The molecule has 0 aliphatic carbocycles. The zero-order valence-electron chi connectivity index (χ0n) is 11.8. The molecule has 1 N–H and O–H groups in total. The molecule has 6 nitrogen and oxygen atoms in total. The summed E-state index contributed by atoms with van der Waals surface area (Å²) in [6.07, 6.45) is 0. The summed E-state index contributed by atoms with van der Waals surface area (Å²) >= 11 is 7.44. The third-order valence-electron chi connectivity index (χ3n) is 3.25. The van der Waals surface area contributed by atoms with Crippen LogP contribution in [0.25, 0.3) is 10.6 Å². The van der Waals surface area contributed by atoms with Gasteiger partial charge in [0.25, 0.3) is 0 Å². The lowest BCUT2D eigenvalue weighted by molar-refractivity contribution is -0.118. The van der Waals surface area contributed by atoms with Gasteiger partial charge in [-0.05, 0) is 6.07 Å². The second-order valence-corrected chi connectivity index (χ2v) is 6.21. The summed E-state index contributed by atoms with van der Waals surface area (Å²) < 4.78 is 5.26. The van der Waals surface area contributed by atoms with Gasteiger partial charge < -0.3 is 4.74 Å². The number of anilines is 1. The first-order chi connectivity index (χ1) is 10.7. The number of rotatable bonds is 4. The maximum atomic E-state index is 12.0. The van der Waals surface area contributed by atoms with Crippen molar-refractivity contribution in [1.82, 2.24) is 15.1 Å². The molecule has 0 spiro atoms. The second kappa shape index (κ2) is 7.15. The van der Waals surface area contributed by atoms with Gasteiger partial charge in [-0.2, -0.15) is 0 Å². The highest BCUT2D eigenvalue weighted by molar-refractivity contribution is 7.18. The fourth-order valence-electron chi connectivity index (χ4n) is 2.14. The summed E-state index contributed by atoms with van der Waals surface area (Å²) in [6, 6.07) is 7.42. The number of carbonyl (C=O) groups is 1. The SMILES string of the molecule is O=C(CN1CCOCC1)Nc1nnc(-c2ccccc2Cl)s1. The number of amides is 1. The van der Waals surface area contributed by atoms with Crippen LogP contribution in [0, 0.1) is 0 Å². The first kappa shape index (κ1) is 15.4. The van der Waals surface area contributed by atoms with Crippen LogP contribution in [0.4, 0.5) is 5.13 Å². The zero-order chi connectivity index (χ0) is 15.4. The summed E-state index contributed by atoms with van der Waals surface area (Å²) in [5, 5.41) is 12.6.